The van der Waals surface area contributed by atoms with E-state index in [9.17, 15) is 4.79 Å². The maximum atomic E-state index is 11.5. The minimum absolute atomic E-state index is 0.416. The van der Waals surface area contributed by atoms with Crippen LogP contribution >= 0.6 is 0 Å². The highest BCUT2D eigenvalue weighted by molar-refractivity contribution is 6.06. The fourth-order valence-corrected chi connectivity index (χ4v) is 4.98. The van der Waals surface area contributed by atoms with E-state index >= 15 is 0 Å². The van der Waals surface area contributed by atoms with Crippen molar-refractivity contribution >= 4 is 39.3 Å². The average molecular weight is 484 g/mol. The Bertz CT molecular complexity index is 1460. The molecule has 4 N–H and O–H groups in total. The third-order valence-electron chi connectivity index (χ3n) is 6.83. The van der Waals surface area contributed by atoms with Crippen molar-refractivity contribution in [3.05, 3.63) is 84.5 Å². The van der Waals surface area contributed by atoms with Crippen LogP contribution in [0.3, 0.4) is 0 Å². The molecule has 0 unspecified atom stereocenters. The van der Waals surface area contributed by atoms with Crippen LogP contribution in [0.1, 0.15) is 29.0 Å². The molecule has 0 fully saturated rings. The number of para-hydroxylation sites is 1. The number of allylic oxidation sites excluding steroid dienone is 2. The standard InChI is InChI=1S/C28H30N6O2/c1-36-19-14-24-32-25-26(22-8-2-3-9-23(22)31-27(25)29)33(24)15-4-5-16-34(17-6-7-18-34)21-12-10-20(11-13-21)28(30)35/h2-3,6-13,17-18H,4-5,14-16,19H2,1H3,(H3-,29,30,31,35)/p+1. The minimum Gasteiger partial charge on any atom is -0.384 e. The highest BCUT2D eigenvalue weighted by Crippen LogP contribution is 2.31. The number of carbonyl (C=O) groups is 1. The van der Waals surface area contributed by atoms with Crippen molar-refractivity contribution in [3.8, 4) is 0 Å². The van der Waals surface area contributed by atoms with Crippen LogP contribution < -0.4 is 16.0 Å². The number of carbonyl (C=O) groups excluding carboxylic acids is 1. The van der Waals surface area contributed by atoms with Crippen molar-refractivity contribution in [2.45, 2.75) is 25.8 Å². The number of imidazole rings is 1. The Kier molecular flexibility index (Phi) is 6.54. The Morgan fingerprint density at radius 3 is 2.50 bits per heavy atom. The van der Waals surface area contributed by atoms with Gasteiger partial charge >= 0.3 is 0 Å². The van der Waals surface area contributed by atoms with Crippen molar-refractivity contribution in [2.75, 3.05) is 26.0 Å². The number of rotatable bonds is 10. The van der Waals surface area contributed by atoms with Crippen LogP contribution in [0.15, 0.2) is 73.1 Å². The zero-order valence-electron chi connectivity index (χ0n) is 20.4. The molecule has 0 saturated carbocycles. The van der Waals surface area contributed by atoms with Crippen LogP contribution in [-0.2, 0) is 17.7 Å². The topological polar surface area (TPSA) is 109 Å². The number of aromatic nitrogens is 3. The minimum atomic E-state index is -0.416. The van der Waals surface area contributed by atoms with Crippen LogP contribution in [-0.4, -0.2) is 40.7 Å². The van der Waals surface area contributed by atoms with Crippen LogP contribution in [0.5, 0.6) is 0 Å². The summed E-state index contributed by atoms with van der Waals surface area (Å²) in [5.41, 5.74) is 16.0. The second kappa shape index (κ2) is 9.93. The number of primary amides is 1. The summed E-state index contributed by atoms with van der Waals surface area (Å²) < 4.78 is 8.25. The molecule has 2 aromatic heterocycles. The van der Waals surface area contributed by atoms with Gasteiger partial charge in [0.25, 0.3) is 0 Å². The number of pyridine rings is 1. The van der Waals surface area contributed by atoms with E-state index in [1.807, 2.05) is 30.3 Å². The molecule has 0 atom stereocenters. The zero-order valence-corrected chi connectivity index (χ0v) is 20.4. The number of benzene rings is 2. The Morgan fingerprint density at radius 2 is 1.78 bits per heavy atom. The number of nitrogens with zero attached hydrogens (tertiary/aromatic N) is 4. The van der Waals surface area contributed by atoms with Gasteiger partial charge in [-0.1, -0.05) is 18.2 Å². The monoisotopic (exact) mass is 483 g/mol. The van der Waals surface area contributed by atoms with Gasteiger partial charge in [-0.25, -0.2) is 14.5 Å². The molecular weight excluding hydrogens is 452 g/mol. The number of anilines is 1. The molecule has 3 heterocycles. The van der Waals surface area contributed by atoms with Gasteiger partial charge in [-0.05, 0) is 43.2 Å². The van der Waals surface area contributed by atoms with Crippen molar-refractivity contribution < 1.29 is 9.53 Å². The number of nitrogens with two attached hydrogens (primary N) is 2. The fraction of sp³-hybridized carbons (Fsp3) is 0.250. The molecule has 2 aromatic carbocycles. The number of hydrogen-bond acceptors (Lipinski definition) is 5. The molecule has 5 rings (SSSR count). The molecular formula is C28H31N6O2+. The Hall–Kier alpha value is -4.01. The number of methoxy groups -OCH3 is 1. The first-order chi connectivity index (χ1) is 17.5. The summed E-state index contributed by atoms with van der Waals surface area (Å²) in [5, 5.41) is 1.06. The molecule has 4 aromatic rings. The van der Waals surface area contributed by atoms with Gasteiger partial charge in [0, 0.05) is 43.2 Å². The first-order valence-corrected chi connectivity index (χ1v) is 12.2. The number of aryl methyl sites for hydroxylation is 1. The average Bonchev–Trinajstić information content (AvgIpc) is 3.52. The molecule has 0 aliphatic carbocycles. The third-order valence-corrected chi connectivity index (χ3v) is 6.83. The van der Waals surface area contributed by atoms with Crippen molar-refractivity contribution in [3.63, 3.8) is 0 Å². The molecule has 0 saturated heterocycles. The van der Waals surface area contributed by atoms with E-state index in [0.717, 1.165) is 59.4 Å². The highest BCUT2D eigenvalue weighted by atomic mass is 16.5. The predicted octanol–water partition coefficient (Wildman–Crippen LogP) is 4.28. The molecule has 0 radical (unpaired) electrons. The van der Waals surface area contributed by atoms with Crippen molar-refractivity contribution in [1.29, 1.82) is 0 Å². The molecule has 184 valence electrons. The summed E-state index contributed by atoms with van der Waals surface area (Å²) in [6.07, 6.45) is 11.1. The zero-order chi connectivity index (χ0) is 25.1. The summed E-state index contributed by atoms with van der Waals surface area (Å²) in [6, 6.07) is 15.6. The summed E-state index contributed by atoms with van der Waals surface area (Å²) in [5.74, 6) is 1.00. The van der Waals surface area contributed by atoms with Gasteiger partial charge in [-0.15, -0.1) is 0 Å². The summed E-state index contributed by atoms with van der Waals surface area (Å²) in [6.45, 7) is 2.30. The summed E-state index contributed by atoms with van der Waals surface area (Å²) in [4.78, 5) is 20.9. The second-order valence-corrected chi connectivity index (χ2v) is 9.09. The number of quaternary nitrogens is 1. The Balaban J connectivity index is 1.40. The van der Waals surface area contributed by atoms with Gasteiger partial charge in [0.05, 0.1) is 24.2 Å². The van der Waals surface area contributed by atoms with Gasteiger partial charge in [-0.3, -0.25) is 4.79 Å². The molecule has 36 heavy (non-hydrogen) atoms. The molecule has 1 aliphatic heterocycles. The van der Waals surface area contributed by atoms with Crippen LogP contribution in [0, 0.1) is 0 Å². The largest absolute Gasteiger partial charge is 0.384 e. The van der Waals surface area contributed by atoms with Gasteiger partial charge in [0.1, 0.15) is 29.4 Å². The number of unbranched alkanes of at least 4 members (excludes halogenated alkanes) is 1. The number of hydrogen-bond donors (Lipinski definition) is 2. The van der Waals surface area contributed by atoms with Gasteiger partial charge in [0.2, 0.25) is 5.91 Å². The van der Waals surface area contributed by atoms with Crippen LogP contribution in [0.25, 0.3) is 21.9 Å². The number of nitrogen functional groups attached to an aromatic ring is 1. The number of ether oxygens (including phenoxy) is 1. The maximum absolute atomic E-state index is 11.5. The van der Waals surface area contributed by atoms with Crippen LogP contribution in [0.4, 0.5) is 11.5 Å². The van der Waals surface area contributed by atoms with Gasteiger partial charge in [0.15, 0.2) is 5.82 Å². The van der Waals surface area contributed by atoms with Crippen molar-refractivity contribution in [1.82, 2.24) is 19.0 Å². The molecule has 8 nitrogen and oxygen atoms in total. The quantitative estimate of drug-likeness (QED) is 0.258. The number of fused-ring (bicyclic) bond motifs is 3. The SMILES string of the molecule is COCCc1nc2c(N)nc3ccccc3c2n1CCCC[N+]1(c2ccc(C(N)=O)cc2)C=CC=C1. The molecule has 1 aliphatic rings. The molecule has 8 heteroatoms. The molecule has 1 amide bonds. The molecule has 0 spiro atoms. The Labute approximate surface area is 210 Å². The predicted molar refractivity (Wildman–Crippen MR) is 144 cm³/mol. The first kappa shape index (κ1) is 23.7. The summed E-state index contributed by atoms with van der Waals surface area (Å²) in [7, 11) is 1.70. The van der Waals surface area contributed by atoms with Crippen LogP contribution in [0.2, 0.25) is 0 Å². The lowest BCUT2D eigenvalue weighted by atomic mass is 10.1. The molecule has 0 bridgehead atoms. The van der Waals surface area contributed by atoms with E-state index in [1.165, 1.54) is 0 Å². The van der Waals surface area contributed by atoms with Crippen molar-refractivity contribution in [2.24, 2.45) is 5.73 Å². The van der Waals surface area contributed by atoms with E-state index in [1.54, 1.807) is 19.2 Å². The Morgan fingerprint density at radius 1 is 1.03 bits per heavy atom. The van der Waals surface area contributed by atoms with Gasteiger partial charge in [-0.2, -0.15) is 0 Å². The summed E-state index contributed by atoms with van der Waals surface area (Å²) >= 11 is 0. The lowest BCUT2D eigenvalue weighted by molar-refractivity contribution is 0.100. The normalized spacial score (nSPS) is 14.2. The van der Waals surface area contributed by atoms with E-state index < -0.39 is 5.91 Å². The first-order valence-electron chi connectivity index (χ1n) is 12.2. The highest BCUT2D eigenvalue weighted by Gasteiger charge is 2.28. The van der Waals surface area contributed by atoms with E-state index in [4.69, 9.17) is 21.2 Å². The van der Waals surface area contributed by atoms with E-state index in [2.05, 4.69) is 40.2 Å². The van der Waals surface area contributed by atoms with E-state index in [0.29, 0.717) is 28.9 Å². The second-order valence-electron chi connectivity index (χ2n) is 9.09. The van der Waals surface area contributed by atoms with E-state index in [-0.39, 0.29) is 0 Å². The van der Waals surface area contributed by atoms with Gasteiger partial charge < -0.3 is 20.8 Å². The third kappa shape index (κ3) is 4.36. The number of amides is 1. The fourth-order valence-electron chi connectivity index (χ4n) is 4.98. The lowest BCUT2D eigenvalue weighted by Gasteiger charge is -2.28. The smallest absolute Gasteiger partial charge is 0.248 e. The maximum Gasteiger partial charge on any atom is 0.248 e. The lowest BCUT2D eigenvalue weighted by Crippen LogP contribution is -2.37.